The largest absolute Gasteiger partial charge is 0.394 e. The van der Waals surface area contributed by atoms with E-state index in [4.69, 9.17) is 0 Å². The van der Waals surface area contributed by atoms with E-state index in [1.165, 1.54) is 276 Å². The van der Waals surface area contributed by atoms with Gasteiger partial charge in [-0.3, -0.25) is 4.79 Å². The maximum atomic E-state index is 12.5. The Labute approximate surface area is 372 Å². The molecule has 4 nitrogen and oxygen atoms in total. The molecular formula is C55H111NO3. The van der Waals surface area contributed by atoms with Gasteiger partial charge in [-0.15, -0.1) is 0 Å². The van der Waals surface area contributed by atoms with Crippen LogP contribution in [0.3, 0.4) is 0 Å². The van der Waals surface area contributed by atoms with Crippen molar-refractivity contribution >= 4 is 5.91 Å². The first-order valence-electron chi connectivity index (χ1n) is 27.7. The molecule has 0 heterocycles. The zero-order valence-electron chi connectivity index (χ0n) is 40.8. The summed E-state index contributed by atoms with van der Waals surface area (Å²) in [6.07, 6.45) is 65.2. The highest BCUT2D eigenvalue weighted by Gasteiger charge is 2.20. The molecule has 1 amide bonds. The molecule has 0 rings (SSSR count). The van der Waals surface area contributed by atoms with Crippen LogP contribution >= 0.6 is 0 Å². The molecule has 0 saturated heterocycles. The average Bonchev–Trinajstić information content (AvgIpc) is 3.24. The van der Waals surface area contributed by atoms with Gasteiger partial charge in [0.1, 0.15) is 0 Å². The van der Waals surface area contributed by atoms with Crippen molar-refractivity contribution in [2.45, 2.75) is 341 Å². The smallest absolute Gasteiger partial charge is 0.220 e. The highest BCUT2D eigenvalue weighted by atomic mass is 16.3. The molecule has 354 valence electrons. The molecular weight excluding hydrogens is 723 g/mol. The Kier molecular flexibility index (Phi) is 51.2. The SMILES string of the molecule is CCCCCCCCCCCCCCCCCCCCCCCCCCCCCCCC(O)C(CO)NC(=O)CCCCCCCCCCCCCCCCCCCC. The van der Waals surface area contributed by atoms with E-state index in [0.717, 1.165) is 25.7 Å². The third-order valence-corrected chi connectivity index (χ3v) is 13.4. The van der Waals surface area contributed by atoms with Crippen LogP contribution in [0.5, 0.6) is 0 Å². The van der Waals surface area contributed by atoms with E-state index < -0.39 is 12.1 Å². The lowest BCUT2D eigenvalue weighted by Crippen LogP contribution is -2.45. The van der Waals surface area contributed by atoms with Gasteiger partial charge in [-0.2, -0.15) is 0 Å². The van der Waals surface area contributed by atoms with Crippen LogP contribution in [0.4, 0.5) is 0 Å². The molecule has 0 bridgehead atoms. The average molecular weight is 834 g/mol. The minimum Gasteiger partial charge on any atom is -0.394 e. The number of carbonyl (C=O) groups is 1. The van der Waals surface area contributed by atoms with Crippen LogP contribution in [0.25, 0.3) is 0 Å². The van der Waals surface area contributed by atoms with Gasteiger partial charge in [-0.25, -0.2) is 0 Å². The third kappa shape index (κ3) is 48.3. The standard InChI is InChI=1S/C55H111NO3/c1-3-5-7-9-11-13-15-17-19-21-23-24-25-26-27-28-29-30-31-32-33-34-36-38-40-42-44-46-48-50-54(58)53(52-57)56-55(59)51-49-47-45-43-41-39-37-35-22-20-18-16-14-12-10-8-6-4-2/h53-54,57-58H,3-52H2,1-2H3,(H,56,59). The zero-order chi connectivity index (χ0) is 42.8. The highest BCUT2D eigenvalue weighted by Crippen LogP contribution is 2.18. The van der Waals surface area contributed by atoms with Crippen LogP contribution < -0.4 is 5.32 Å². The molecule has 0 aliphatic carbocycles. The van der Waals surface area contributed by atoms with Crippen molar-refractivity contribution in [3.05, 3.63) is 0 Å². The Morgan fingerprint density at radius 2 is 0.542 bits per heavy atom. The van der Waals surface area contributed by atoms with Crippen LogP contribution in [0.15, 0.2) is 0 Å². The van der Waals surface area contributed by atoms with Crippen molar-refractivity contribution < 1.29 is 15.0 Å². The van der Waals surface area contributed by atoms with E-state index in [1.807, 2.05) is 0 Å². The minimum atomic E-state index is -0.654. The molecule has 0 radical (unpaired) electrons. The van der Waals surface area contributed by atoms with Crippen molar-refractivity contribution in [2.24, 2.45) is 0 Å². The molecule has 0 saturated carbocycles. The molecule has 59 heavy (non-hydrogen) atoms. The molecule has 3 N–H and O–H groups in total. The van der Waals surface area contributed by atoms with E-state index in [0.29, 0.717) is 12.8 Å². The van der Waals surface area contributed by atoms with Gasteiger partial charge >= 0.3 is 0 Å². The molecule has 2 atom stereocenters. The lowest BCUT2D eigenvalue weighted by molar-refractivity contribution is -0.123. The van der Waals surface area contributed by atoms with E-state index in [1.54, 1.807) is 0 Å². The Morgan fingerprint density at radius 1 is 0.339 bits per heavy atom. The fourth-order valence-corrected chi connectivity index (χ4v) is 9.13. The summed E-state index contributed by atoms with van der Waals surface area (Å²) >= 11 is 0. The van der Waals surface area contributed by atoms with Gasteiger partial charge in [0.05, 0.1) is 18.8 Å². The summed E-state index contributed by atoms with van der Waals surface area (Å²) in [6, 6.07) is -0.531. The van der Waals surface area contributed by atoms with Gasteiger partial charge in [0.2, 0.25) is 5.91 Å². The second-order valence-corrected chi connectivity index (χ2v) is 19.4. The summed E-state index contributed by atoms with van der Waals surface area (Å²) in [6.45, 7) is 4.40. The van der Waals surface area contributed by atoms with Gasteiger partial charge in [-0.1, -0.05) is 309 Å². The monoisotopic (exact) mass is 834 g/mol. The molecule has 0 aromatic carbocycles. The third-order valence-electron chi connectivity index (χ3n) is 13.4. The minimum absolute atomic E-state index is 0.0230. The predicted molar refractivity (Wildman–Crippen MR) is 263 cm³/mol. The quantitative estimate of drug-likeness (QED) is 0.0535. The molecule has 2 unspecified atom stereocenters. The maximum Gasteiger partial charge on any atom is 0.220 e. The number of unbranched alkanes of at least 4 members (excludes halogenated alkanes) is 45. The van der Waals surface area contributed by atoms with Crippen LogP contribution in [-0.2, 0) is 4.79 Å². The fourth-order valence-electron chi connectivity index (χ4n) is 9.13. The van der Waals surface area contributed by atoms with Crippen LogP contribution in [-0.4, -0.2) is 34.9 Å². The number of rotatable bonds is 52. The summed E-state index contributed by atoms with van der Waals surface area (Å²) in [5.41, 5.74) is 0. The summed E-state index contributed by atoms with van der Waals surface area (Å²) in [7, 11) is 0. The summed E-state index contributed by atoms with van der Waals surface area (Å²) in [5.74, 6) is -0.0230. The Balaban J connectivity index is 3.39. The second-order valence-electron chi connectivity index (χ2n) is 19.4. The van der Waals surface area contributed by atoms with Gasteiger partial charge in [0.15, 0.2) is 0 Å². The number of amides is 1. The van der Waals surface area contributed by atoms with E-state index in [-0.39, 0.29) is 12.5 Å². The second kappa shape index (κ2) is 51.7. The zero-order valence-corrected chi connectivity index (χ0v) is 40.8. The Hall–Kier alpha value is -0.610. The highest BCUT2D eigenvalue weighted by molar-refractivity contribution is 5.76. The first-order valence-corrected chi connectivity index (χ1v) is 27.7. The molecule has 0 aliphatic rings. The summed E-state index contributed by atoms with van der Waals surface area (Å²) < 4.78 is 0. The number of aliphatic hydroxyl groups is 2. The number of aliphatic hydroxyl groups excluding tert-OH is 2. The van der Waals surface area contributed by atoms with Crippen LogP contribution in [0, 0.1) is 0 Å². The fraction of sp³-hybridized carbons (Fsp3) is 0.982. The van der Waals surface area contributed by atoms with Crippen molar-refractivity contribution in [3.63, 3.8) is 0 Å². The predicted octanol–water partition coefficient (Wildman–Crippen LogP) is 18.0. The number of carbonyl (C=O) groups excluding carboxylic acids is 1. The van der Waals surface area contributed by atoms with E-state index >= 15 is 0 Å². The first-order chi connectivity index (χ1) is 29.2. The summed E-state index contributed by atoms with van der Waals surface area (Å²) in [4.78, 5) is 12.5. The van der Waals surface area contributed by atoms with Crippen LogP contribution in [0.1, 0.15) is 328 Å². The molecule has 0 aromatic heterocycles. The Bertz CT molecular complexity index is 773. The molecule has 4 heteroatoms. The normalized spacial score (nSPS) is 12.7. The van der Waals surface area contributed by atoms with Crippen molar-refractivity contribution in [2.75, 3.05) is 6.61 Å². The van der Waals surface area contributed by atoms with Gasteiger partial charge in [0, 0.05) is 6.42 Å². The number of hydrogen-bond acceptors (Lipinski definition) is 3. The topological polar surface area (TPSA) is 69.6 Å². The van der Waals surface area contributed by atoms with Crippen molar-refractivity contribution in [1.82, 2.24) is 5.32 Å². The van der Waals surface area contributed by atoms with Crippen molar-refractivity contribution in [3.8, 4) is 0 Å². The molecule has 0 fully saturated rings. The lowest BCUT2D eigenvalue weighted by Gasteiger charge is -2.22. The molecule has 0 aliphatic heterocycles. The van der Waals surface area contributed by atoms with Crippen LogP contribution in [0.2, 0.25) is 0 Å². The van der Waals surface area contributed by atoms with Gasteiger partial charge in [0.25, 0.3) is 0 Å². The van der Waals surface area contributed by atoms with E-state index in [9.17, 15) is 15.0 Å². The van der Waals surface area contributed by atoms with Gasteiger partial charge in [-0.05, 0) is 12.8 Å². The first kappa shape index (κ1) is 58.4. The maximum absolute atomic E-state index is 12.5. The molecule has 0 aromatic rings. The lowest BCUT2D eigenvalue weighted by atomic mass is 10.0. The summed E-state index contributed by atoms with van der Waals surface area (Å²) in [5, 5.41) is 23.3. The number of hydrogen-bond donors (Lipinski definition) is 3. The van der Waals surface area contributed by atoms with Crippen molar-refractivity contribution in [1.29, 1.82) is 0 Å². The molecule has 0 spiro atoms. The van der Waals surface area contributed by atoms with Gasteiger partial charge < -0.3 is 15.5 Å². The number of nitrogens with one attached hydrogen (secondary N) is 1. The Morgan fingerprint density at radius 3 is 0.763 bits per heavy atom. The van der Waals surface area contributed by atoms with E-state index in [2.05, 4.69) is 19.2 Å².